The molecule has 39 heavy (non-hydrogen) atoms. The molecule has 4 aromatic rings. The van der Waals surface area contributed by atoms with E-state index < -0.39 is 0 Å². The van der Waals surface area contributed by atoms with E-state index in [9.17, 15) is 9.18 Å². The highest BCUT2D eigenvalue weighted by atomic mass is 32.1. The van der Waals surface area contributed by atoms with Gasteiger partial charge in [0.05, 0.1) is 20.8 Å². The minimum Gasteiger partial charge on any atom is -0.493 e. The largest absolute Gasteiger partial charge is 0.493 e. The molecule has 3 aromatic carbocycles. The van der Waals surface area contributed by atoms with E-state index in [0.717, 1.165) is 35.5 Å². The maximum absolute atomic E-state index is 13.5. The minimum atomic E-state index is -0.251. The van der Waals surface area contributed by atoms with Crippen molar-refractivity contribution >= 4 is 17.2 Å². The van der Waals surface area contributed by atoms with E-state index in [1.807, 2.05) is 52.7 Å². The summed E-state index contributed by atoms with van der Waals surface area (Å²) in [5.41, 5.74) is 5.15. The quantitative estimate of drug-likeness (QED) is 0.254. The molecule has 1 aliphatic rings. The van der Waals surface area contributed by atoms with Crippen LogP contribution in [0.1, 0.15) is 37.7 Å². The highest BCUT2D eigenvalue weighted by molar-refractivity contribution is 7.09. The molecule has 0 spiro atoms. The van der Waals surface area contributed by atoms with Gasteiger partial charge in [-0.3, -0.25) is 9.69 Å². The predicted molar refractivity (Wildman–Crippen MR) is 151 cm³/mol. The Balaban J connectivity index is 1.28. The smallest absolute Gasteiger partial charge is 0.273 e. The lowest BCUT2D eigenvalue weighted by molar-refractivity contribution is 0.0729. The zero-order valence-corrected chi connectivity index (χ0v) is 23.0. The molecule has 2 heterocycles. The van der Waals surface area contributed by atoms with Crippen molar-refractivity contribution in [1.82, 2.24) is 14.8 Å². The molecule has 0 fully saturated rings. The van der Waals surface area contributed by atoms with Crippen LogP contribution in [0.2, 0.25) is 0 Å². The van der Waals surface area contributed by atoms with Crippen LogP contribution < -0.4 is 9.47 Å². The van der Waals surface area contributed by atoms with E-state index in [-0.39, 0.29) is 11.7 Å². The molecule has 1 amide bonds. The van der Waals surface area contributed by atoms with Crippen molar-refractivity contribution < 1.29 is 18.7 Å². The molecular weight excluding hydrogens is 513 g/mol. The van der Waals surface area contributed by atoms with Gasteiger partial charge in [-0.15, -0.1) is 11.3 Å². The van der Waals surface area contributed by atoms with Crippen LogP contribution in [0.15, 0.2) is 72.1 Å². The molecule has 0 aliphatic carbocycles. The van der Waals surface area contributed by atoms with E-state index in [1.165, 1.54) is 34.6 Å². The van der Waals surface area contributed by atoms with Gasteiger partial charge < -0.3 is 14.4 Å². The van der Waals surface area contributed by atoms with Crippen LogP contribution in [-0.2, 0) is 32.5 Å². The second-order valence-corrected chi connectivity index (χ2v) is 10.6. The fourth-order valence-corrected chi connectivity index (χ4v) is 5.70. The Morgan fingerprint density at radius 2 is 1.72 bits per heavy atom. The first-order valence-corrected chi connectivity index (χ1v) is 13.9. The van der Waals surface area contributed by atoms with Gasteiger partial charge in [0.1, 0.15) is 16.5 Å². The van der Waals surface area contributed by atoms with E-state index in [0.29, 0.717) is 43.4 Å². The number of halogens is 1. The van der Waals surface area contributed by atoms with Crippen molar-refractivity contribution in [2.24, 2.45) is 0 Å². The van der Waals surface area contributed by atoms with Crippen molar-refractivity contribution in [3.8, 4) is 11.5 Å². The molecule has 5 rings (SSSR count). The zero-order chi connectivity index (χ0) is 27.2. The highest BCUT2D eigenvalue weighted by Gasteiger charge is 2.24. The first-order valence-electron chi connectivity index (χ1n) is 13.0. The lowest BCUT2D eigenvalue weighted by Crippen LogP contribution is -2.36. The molecule has 202 valence electrons. The van der Waals surface area contributed by atoms with Crippen molar-refractivity contribution in [3.63, 3.8) is 0 Å². The van der Waals surface area contributed by atoms with Crippen LogP contribution in [0.4, 0.5) is 4.39 Å². The van der Waals surface area contributed by atoms with E-state index in [1.54, 1.807) is 14.2 Å². The number of aromatic nitrogens is 1. The first-order chi connectivity index (χ1) is 19.0. The lowest BCUT2D eigenvalue weighted by Gasteiger charge is -2.28. The second-order valence-electron chi connectivity index (χ2n) is 9.65. The Bertz CT molecular complexity index is 1420. The van der Waals surface area contributed by atoms with Gasteiger partial charge in [0.2, 0.25) is 0 Å². The topological polar surface area (TPSA) is 54.9 Å². The molecule has 0 saturated heterocycles. The van der Waals surface area contributed by atoms with Crippen LogP contribution >= 0.6 is 11.3 Å². The zero-order valence-electron chi connectivity index (χ0n) is 22.2. The molecule has 6 nitrogen and oxygen atoms in total. The molecule has 0 N–H and O–H groups in total. The summed E-state index contributed by atoms with van der Waals surface area (Å²) in [5, 5.41) is 2.74. The number of hydrogen-bond acceptors (Lipinski definition) is 6. The first kappa shape index (κ1) is 26.8. The maximum Gasteiger partial charge on any atom is 0.273 e. The highest BCUT2D eigenvalue weighted by Crippen LogP contribution is 2.28. The fourth-order valence-electron chi connectivity index (χ4n) is 4.89. The van der Waals surface area contributed by atoms with Gasteiger partial charge in [-0.2, -0.15) is 0 Å². The number of amides is 1. The SMILES string of the molecule is COc1ccc(CCN(Cc2ccc(F)cc2)Cc2nc(C(=O)N3CCc4ccccc4C3)cs2)cc1OC. The molecular formula is C31H32FN3O3S. The molecule has 1 aliphatic heterocycles. The molecule has 1 aromatic heterocycles. The fraction of sp³-hybridized carbons (Fsp3) is 0.290. The number of carbonyl (C=O) groups excluding carboxylic acids is 1. The normalized spacial score (nSPS) is 12.9. The number of hydrogen-bond donors (Lipinski definition) is 0. The number of fused-ring (bicyclic) bond motifs is 1. The van der Waals surface area contributed by atoms with Crippen molar-refractivity contribution in [2.75, 3.05) is 27.3 Å². The number of methoxy groups -OCH3 is 2. The van der Waals surface area contributed by atoms with E-state index in [4.69, 9.17) is 14.5 Å². The van der Waals surface area contributed by atoms with Crippen LogP contribution in [0.25, 0.3) is 0 Å². The third-order valence-corrected chi connectivity index (χ3v) is 7.87. The molecule has 0 saturated carbocycles. The van der Waals surface area contributed by atoms with Crippen LogP contribution in [0.3, 0.4) is 0 Å². The Morgan fingerprint density at radius 3 is 2.49 bits per heavy atom. The summed E-state index contributed by atoms with van der Waals surface area (Å²) >= 11 is 1.50. The summed E-state index contributed by atoms with van der Waals surface area (Å²) in [5.74, 6) is 1.12. The van der Waals surface area contributed by atoms with Gasteiger partial charge in [0, 0.05) is 31.6 Å². The van der Waals surface area contributed by atoms with Crippen LogP contribution in [0.5, 0.6) is 11.5 Å². The summed E-state index contributed by atoms with van der Waals surface area (Å²) in [7, 11) is 3.26. The van der Waals surface area contributed by atoms with Crippen LogP contribution in [0, 0.1) is 5.82 Å². The molecule has 0 radical (unpaired) electrons. The van der Waals surface area contributed by atoms with Gasteiger partial charge in [-0.25, -0.2) is 9.37 Å². The number of carbonyl (C=O) groups is 1. The summed E-state index contributed by atoms with van der Waals surface area (Å²) < 4.78 is 24.3. The predicted octanol–water partition coefficient (Wildman–Crippen LogP) is 5.74. The average molecular weight is 546 g/mol. The standard InChI is InChI=1S/C31H32FN3O3S/c1-37-28-12-9-22(17-29(28)38-2)13-15-34(18-23-7-10-26(32)11-8-23)20-30-33-27(21-39-30)31(36)35-16-14-24-5-3-4-6-25(24)19-35/h3-12,17,21H,13-16,18-20H2,1-2H3. The molecule has 8 heteroatoms. The number of nitrogens with zero attached hydrogens (tertiary/aromatic N) is 3. The summed E-state index contributed by atoms with van der Waals surface area (Å²) in [4.78, 5) is 22.1. The van der Waals surface area contributed by atoms with Gasteiger partial charge in [0.15, 0.2) is 11.5 Å². The summed E-state index contributed by atoms with van der Waals surface area (Å²) in [6.45, 7) is 3.29. The van der Waals surface area contributed by atoms with Crippen molar-refractivity contribution in [3.05, 3.63) is 111 Å². The Labute approximate surface area is 232 Å². The number of benzene rings is 3. The molecule has 0 atom stereocenters. The van der Waals surface area contributed by atoms with Crippen molar-refractivity contribution in [1.29, 1.82) is 0 Å². The molecule has 0 bridgehead atoms. The Hall–Kier alpha value is -3.75. The monoisotopic (exact) mass is 545 g/mol. The Morgan fingerprint density at radius 1 is 0.974 bits per heavy atom. The van der Waals surface area contributed by atoms with E-state index in [2.05, 4.69) is 17.0 Å². The number of rotatable bonds is 10. The number of ether oxygens (including phenoxy) is 2. The second kappa shape index (κ2) is 12.4. The van der Waals surface area contributed by atoms with Crippen molar-refractivity contribution in [2.45, 2.75) is 32.5 Å². The lowest BCUT2D eigenvalue weighted by atomic mass is 10.00. The van der Waals surface area contributed by atoms with Gasteiger partial charge >= 0.3 is 0 Å². The average Bonchev–Trinajstić information content (AvgIpc) is 3.44. The minimum absolute atomic E-state index is 0.0255. The van der Waals surface area contributed by atoms with Gasteiger partial charge in [-0.05, 0) is 59.4 Å². The summed E-state index contributed by atoms with van der Waals surface area (Å²) in [6.07, 6.45) is 1.65. The van der Waals surface area contributed by atoms with Crippen LogP contribution in [-0.4, -0.2) is 48.0 Å². The summed E-state index contributed by atoms with van der Waals surface area (Å²) in [6, 6.07) is 20.8. The van der Waals surface area contributed by atoms with Gasteiger partial charge in [-0.1, -0.05) is 42.5 Å². The third kappa shape index (κ3) is 6.64. The maximum atomic E-state index is 13.5. The number of thiazole rings is 1. The van der Waals surface area contributed by atoms with E-state index >= 15 is 0 Å². The Kier molecular flexibility index (Phi) is 8.54. The van der Waals surface area contributed by atoms with Gasteiger partial charge in [0.25, 0.3) is 5.91 Å². The third-order valence-electron chi connectivity index (χ3n) is 7.03. The molecule has 0 unspecified atom stereocenters.